The zero-order valence-electron chi connectivity index (χ0n) is 7.32. The molecule has 1 radical (unpaired) electrons. The summed E-state index contributed by atoms with van der Waals surface area (Å²) in [6.45, 7) is 8.93. The lowest BCUT2D eigenvalue weighted by atomic mass is 10.3. The lowest BCUT2D eigenvalue weighted by Crippen LogP contribution is -2.36. The van der Waals surface area contributed by atoms with E-state index in [4.69, 9.17) is 10.2 Å². The van der Waals surface area contributed by atoms with E-state index in [9.17, 15) is 0 Å². The van der Waals surface area contributed by atoms with Crippen LogP contribution in [0.15, 0.2) is 0 Å². The Kier molecular flexibility index (Phi) is 5.46. The van der Waals surface area contributed by atoms with Crippen molar-refractivity contribution in [2.75, 3.05) is 19.6 Å². The maximum Gasteiger partial charge on any atom is 0.0639 e. The number of hydrogen-bond donors (Lipinski definition) is 2. The van der Waals surface area contributed by atoms with Gasteiger partial charge in [0, 0.05) is 13.1 Å². The summed E-state index contributed by atoms with van der Waals surface area (Å²) in [5, 5.41) is 18.0. The molecule has 3 nitrogen and oxygen atoms in total. The van der Waals surface area contributed by atoms with Crippen molar-refractivity contribution in [1.29, 1.82) is 0 Å². The normalized spacial score (nSPS) is 16.9. The third-order valence-corrected chi connectivity index (χ3v) is 1.36. The molecule has 0 aliphatic heterocycles. The van der Waals surface area contributed by atoms with E-state index in [-0.39, 0.29) is 12.2 Å². The second-order valence-corrected chi connectivity index (χ2v) is 2.96. The molecule has 0 aliphatic carbocycles. The number of aliphatic hydroxyl groups is 2. The van der Waals surface area contributed by atoms with E-state index in [1.54, 1.807) is 13.8 Å². The standard InChI is InChI=1S/C8H18NO2/c1-4-9(5-7(2)10)6-8(3)11/h7-8,10-11H,1,4-6H2,2-3H3. The van der Waals surface area contributed by atoms with Crippen LogP contribution in [0.1, 0.15) is 13.8 Å². The molecular weight excluding hydrogens is 142 g/mol. The summed E-state index contributed by atoms with van der Waals surface area (Å²) in [7, 11) is 0. The first-order chi connectivity index (χ1) is 5.06. The van der Waals surface area contributed by atoms with Gasteiger partial charge < -0.3 is 10.2 Å². The summed E-state index contributed by atoms with van der Waals surface area (Å²) >= 11 is 0. The van der Waals surface area contributed by atoms with Gasteiger partial charge in [0.15, 0.2) is 0 Å². The summed E-state index contributed by atoms with van der Waals surface area (Å²) in [5.41, 5.74) is 0. The van der Waals surface area contributed by atoms with E-state index in [0.29, 0.717) is 19.6 Å². The van der Waals surface area contributed by atoms with Gasteiger partial charge in [0.25, 0.3) is 0 Å². The SMILES string of the molecule is [CH2]CN(CC(C)O)CC(C)O. The average molecular weight is 160 g/mol. The minimum Gasteiger partial charge on any atom is -0.392 e. The third kappa shape index (κ3) is 6.28. The number of rotatable bonds is 5. The second-order valence-electron chi connectivity index (χ2n) is 2.96. The fraction of sp³-hybridized carbons (Fsp3) is 0.875. The highest BCUT2D eigenvalue weighted by atomic mass is 16.3. The van der Waals surface area contributed by atoms with Gasteiger partial charge in [-0.05, 0) is 27.3 Å². The lowest BCUT2D eigenvalue weighted by Gasteiger charge is -2.22. The minimum absolute atomic E-state index is 0.351. The average Bonchev–Trinajstić information content (AvgIpc) is 1.84. The summed E-state index contributed by atoms with van der Waals surface area (Å²) in [4.78, 5) is 1.91. The van der Waals surface area contributed by atoms with E-state index >= 15 is 0 Å². The molecule has 0 heterocycles. The highest BCUT2D eigenvalue weighted by Gasteiger charge is 2.07. The monoisotopic (exact) mass is 160 g/mol. The molecule has 2 unspecified atom stereocenters. The molecule has 0 rings (SSSR count). The fourth-order valence-electron chi connectivity index (χ4n) is 1.00. The largest absolute Gasteiger partial charge is 0.392 e. The highest BCUT2D eigenvalue weighted by Crippen LogP contribution is 1.93. The van der Waals surface area contributed by atoms with Crippen LogP contribution in [0.2, 0.25) is 0 Å². The topological polar surface area (TPSA) is 43.7 Å². The maximum absolute atomic E-state index is 9.02. The van der Waals surface area contributed by atoms with E-state index < -0.39 is 0 Å². The number of nitrogens with zero attached hydrogens (tertiary/aromatic N) is 1. The third-order valence-electron chi connectivity index (χ3n) is 1.36. The Labute approximate surface area is 68.6 Å². The van der Waals surface area contributed by atoms with E-state index in [1.807, 2.05) is 4.90 Å². The molecule has 0 saturated carbocycles. The van der Waals surface area contributed by atoms with Crippen LogP contribution in [0.25, 0.3) is 0 Å². The summed E-state index contributed by atoms with van der Waals surface area (Å²) in [5.74, 6) is 0. The minimum atomic E-state index is -0.351. The smallest absolute Gasteiger partial charge is 0.0639 e. The van der Waals surface area contributed by atoms with Crippen molar-refractivity contribution in [2.45, 2.75) is 26.1 Å². The van der Waals surface area contributed by atoms with Crippen LogP contribution in [-0.2, 0) is 0 Å². The quantitative estimate of drug-likeness (QED) is 0.589. The van der Waals surface area contributed by atoms with E-state index in [0.717, 1.165) is 0 Å². The van der Waals surface area contributed by atoms with Crippen molar-refractivity contribution in [2.24, 2.45) is 0 Å². The molecule has 0 aliphatic rings. The van der Waals surface area contributed by atoms with Crippen LogP contribution in [-0.4, -0.2) is 47.0 Å². The van der Waals surface area contributed by atoms with Gasteiger partial charge in [0.2, 0.25) is 0 Å². The van der Waals surface area contributed by atoms with Gasteiger partial charge in [-0.15, -0.1) is 0 Å². The molecule has 0 aromatic rings. The molecule has 0 bridgehead atoms. The molecule has 0 saturated heterocycles. The van der Waals surface area contributed by atoms with Gasteiger partial charge in [0.05, 0.1) is 12.2 Å². The van der Waals surface area contributed by atoms with Crippen LogP contribution in [0.3, 0.4) is 0 Å². The molecule has 67 valence electrons. The summed E-state index contributed by atoms with van der Waals surface area (Å²) in [6, 6.07) is 0. The first kappa shape index (κ1) is 10.9. The summed E-state index contributed by atoms with van der Waals surface area (Å²) in [6.07, 6.45) is -0.703. The van der Waals surface area contributed by atoms with Gasteiger partial charge in [-0.2, -0.15) is 0 Å². The molecule has 2 atom stereocenters. The summed E-state index contributed by atoms with van der Waals surface area (Å²) < 4.78 is 0. The predicted molar refractivity (Wildman–Crippen MR) is 45.2 cm³/mol. The molecule has 11 heavy (non-hydrogen) atoms. The Morgan fingerprint density at radius 3 is 1.73 bits per heavy atom. The van der Waals surface area contributed by atoms with E-state index in [2.05, 4.69) is 6.92 Å². The zero-order valence-corrected chi connectivity index (χ0v) is 7.32. The first-order valence-electron chi connectivity index (χ1n) is 3.94. The zero-order chi connectivity index (χ0) is 8.85. The highest BCUT2D eigenvalue weighted by molar-refractivity contribution is 4.64. The maximum atomic E-state index is 9.02. The van der Waals surface area contributed by atoms with Crippen molar-refractivity contribution in [3.8, 4) is 0 Å². The number of hydrogen-bond acceptors (Lipinski definition) is 3. The fourth-order valence-corrected chi connectivity index (χ4v) is 1.00. The van der Waals surface area contributed by atoms with Crippen molar-refractivity contribution in [3.05, 3.63) is 6.92 Å². The van der Waals surface area contributed by atoms with Crippen molar-refractivity contribution < 1.29 is 10.2 Å². The molecule has 0 spiro atoms. The first-order valence-corrected chi connectivity index (χ1v) is 3.94. The van der Waals surface area contributed by atoms with Crippen LogP contribution in [0.5, 0.6) is 0 Å². The van der Waals surface area contributed by atoms with Crippen LogP contribution in [0.4, 0.5) is 0 Å². The molecule has 0 amide bonds. The Balaban J connectivity index is 3.58. The Hall–Kier alpha value is -0.120. The lowest BCUT2D eigenvalue weighted by molar-refractivity contribution is 0.0903. The van der Waals surface area contributed by atoms with Crippen molar-refractivity contribution in [3.63, 3.8) is 0 Å². The Morgan fingerprint density at radius 1 is 1.18 bits per heavy atom. The van der Waals surface area contributed by atoms with Crippen LogP contribution in [0, 0.1) is 6.92 Å². The molecule has 0 aromatic heterocycles. The molecular formula is C8H18NO2. The molecule has 3 heteroatoms. The van der Waals surface area contributed by atoms with Gasteiger partial charge in [-0.25, -0.2) is 0 Å². The van der Waals surface area contributed by atoms with E-state index in [1.165, 1.54) is 0 Å². The molecule has 0 fully saturated rings. The van der Waals surface area contributed by atoms with Crippen molar-refractivity contribution >= 4 is 0 Å². The predicted octanol–water partition coefficient (Wildman–Crippen LogP) is -0.116. The Bertz CT molecular complexity index is 84.1. The molecule has 2 N–H and O–H groups in total. The van der Waals surface area contributed by atoms with Gasteiger partial charge in [-0.3, -0.25) is 4.90 Å². The van der Waals surface area contributed by atoms with Gasteiger partial charge >= 0.3 is 0 Å². The second kappa shape index (κ2) is 5.52. The van der Waals surface area contributed by atoms with Crippen LogP contribution < -0.4 is 0 Å². The number of aliphatic hydroxyl groups excluding tert-OH is 2. The van der Waals surface area contributed by atoms with Gasteiger partial charge in [0.1, 0.15) is 0 Å². The molecule has 0 aromatic carbocycles. The van der Waals surface area contributed by atoms with Crippen molar-refractivity contribution in [1.82, 2.24) is 4.90 Å². The van der Waals surface area contributed by atoms with Crippen LogP contribution >= 0.6 is 0 Å². The Morgan fingerprint density at radius 2 is 1.55 bits per heavy atom. The van der Waals surface area contributed by atoms with Gasteiger partial charge in [-0.1, -0.05) is 0 Å².